The molecule has 1 unspecified atom stereocenters. The van der Waals surface area contributed by atoms with Crippen molar-refractivity contribution >= 4 is 28.5 Å². The number of hydroxylamine groups is 1. The zero-order chi connectivity index (χ0) is 28.0. The molecule has 216 valence electrons. The van der Waals surface area contributed by atoms with E-state index in [1.807, 2.05) is 53.4 Å². The van der Waals surface area contributed by atoms with Gasteiger partial charge in [0.05, 0.1) is 5.57 Å². The van der Waals surface area contributed by atoms with Crippen molar-refractivity contribution in [1.29, 1.82) is 0 Å². The van der Waals surface area contributed by atoms with E-state index in [0.717, 1.165) is 55.2 Å². The van der Waals surface area contributed by atoms with Crippen LogP contribution in [-0.4, -0.2) is 61.8 Å². The van der Waals surface area contributed by atoms with Crippen molar-refractivity contribution in [3.63, 3.8) is 0 Å². The van der Waals surface area contributed by atoms with Crippen molar-refractivity contribution in [3.05, 3.63) is 54.1 Å². The molecule has 0 bridgehead atoms. The Morgan fingerprint density at radius 1 is 1.05 bits per heavy atom. The van der Waals surface area contributed by atoms with Gasteiger partial charge in [-0.05, 0) is 56.4 Å². The number of hydrogen-bond acceptors (Lipinski definition) is 6. The van der Waals surface area contributed by atoms with Gasteiger partial charge in [-0.1, -0.05) is 42.5 Å². The van der Waals surface area contributed by atoms with Crippen molar-refractivity contribution in [2.45, 2.75) is 70.5 Å². The summed E-state index contributed by atoms with van der Waals surface area (Å²) in [4.78, 5) is 44.2. The van der Waals surface area contributed by atoms with E-state index in [1.165, 1.54) is 0 Å². The smallest absolute Gasteiger partial charge is 0.250 e. The number of carbonyl (C=O) groups excluding carboxylic acids is 3. The first-order chi connectivity index (χ1) is 19.6. The average Bonchev–Trinajstić information content (AvgIpc) is 3.40. The molecule has 4 rings (SSSR count). The molecule has 2 fully saturated rings. The normalized spacial score (nSPS) is 17.7. The van der Waals surface area contributed by atoms with E-state index in [9.17, 15) is 14.4 Å². The number of rotatable bonds is 15. The molecule has 2 N–H and O–H groups in total. The van der Waals surface area contributed by atoms with Gasteiger partial charge in [0.25, 0.3) is 0 Å². The third kappa shape index (κ3) is 9.34. The SMILES string of the molecule is O=C(CCCC/C=C(\COc1cccc2ccccc12)C(=O)NCCCN1CCCC1=O)NOC1CCCCO1. The molecule has 9 nitrogen and oxygen atoms in total. The van der Waals surface area contributed by atoms with Crippen LogP contribution in [0, 0.1) is 0 Å². The lowest BCUT2D eigenvalue weighted by Gasteiger charge is -2.22. The van der Waals surface area contributed by atoms with E-state index in [4.69, 9.17) is 14.3 Å². The molecule has 0 aromatic heterocycles. The van der Waals surface area contributed by atoms with E-state index in [2.05, 4.69) is 10.8 Å². The zero-order valence-electron chi connectivity index (χ0n) is 23.2. The summed E-state index contributed by atoms with van der Waals surface area (Å²) in [6.07, 6.45) is 9.00. The molecule has 40 heavy (non-hydrogen) atoms. The van der Waals surface area contributed by atoms with Crippen molar-refractivity contribution in [1.82, 2.24) is 15.7 Å². The number of benzene rings is 2. The lowest BCUT2D eigenvalue weighted by atomic mass is 10.1. The molecule has 2 heterocycles. The number of allylic oxidation sites excluding steroid dienone is 1. The Labute approximate surface area is 236 Å². The molecule has 0 spiro atoms. The van der Waals surface area contributed by atoms with Gasteiger partial charge in [0.2, 0.25) is 17.7 Å². The first-order valence-electron chi connectivity index (χ1n) is 14.5. The molecule has 2 aliphatic heterocycles. The number of hydrogen-bond donors (Lipinski definition) is 2. The Balaban J connectivity index is 1.25. The van der Waals surface area contributed by atoms with Gasteiger partial charge >= 0.3 is 0 Å². The number of amides is 3. The van der Waals surface area contributed by atoms with Gasteiger partial charge in [0, 0.05) is 50.9 Å². The maximum Gasteiger partial charge on any atom is 0.250 e. The number of ether oxygens (including phenoxy) is 2. The van der Waals surface area contributed by atoms with Gasteiger partial charge in [0.15, 0.2) is 6.29 Å². The van der Waals surface area contributed by atoms with Crippen molar-refractivity contribution in [2.75, 3.05) is 32.8 Å². The highest BCUT2D eigenvalue weighted by molar-refractivity contribution is 5.94. The summed E-state index contributed by atoms with van der Waals surface area (Å²) in [5, 5.41) is 5.05. The molecule has 1 atom stereocenters. The lowest BCUT2D eigenvalue weighted by Crippen LogP contribution is -2.32. The minimum Gasteiger partial charge on any atom is -0.488 e. The van der Waals surface area contributed by atoms with Gasteiger partial charge in [-0.3, -0.25) is 14.4 Å². The van der Waals surface area contributed by atoms with Crippen LogP contribution < -0.4 is 15.5 Å². The van der Waals surface area contributed by atoms with Gasteiger partial charge < -0.3 is 19.7 Å². The standard InChI is InChI=1S/C31H41N3O6/c35-28(33-40-30-18-6-7-22-38-30)16-3-1-2-12-25(31(37)32-19-10-21-34-20-9-17-29(34)36)23-39-27-15-8-13-24-11-4-5-14-26(24)27/h4-5,8,11-15,30H,1-3,6-7,9-10,16-23H2,(H,32,37)(H,33,35)/b25-12+. The number of unbranched alkanes of at least 4 members (excludes halogenated alkanes) is 2. The first kappa shape index (κ1) is 29.6. The molecule has 0 saturated carbocycles. The summed E-state index contributed by atoms with van der Waals surface area (Å²) in [5.74, 6) is 0.569. The molecular formula is C31H41N3O6. The molecule has 2 aromatic rings. The summed E-state index contributed by atoms with van der Waals surface area (Å²) in [6, 6.07) is 13.9. The maximum atomic E-state index is 13.1. The molecule has 2 aliphatic rings. The van der Waals surface area contributed by atoms with E-state index in [1.54, 1.807) is 0 Å². The Hall–Kier alpha value is -3.43. The molecule has 9 heteroatoms. The fourth-order valence-corrected chi connectivity index (χ4v) is 4.91. The predicted molar refractivity (Wildman–Crippen MR) is 152 cm³/mol. The summed E-state index contributed by atoms with van der Waals surface area (Å²) in [6.45, 7) is 2.74. The number of nitrogens with zero attached hydrogens (tertiary/aromatic N) is 1. The van der Waals surface area contributed by atoms with Gasteiger partial charge in [0.1, 0.15) is 12.4 Å². The Morgan fingerprint density at radius 2 is 1.93 bits per heavy atom. The number of nitrogens with one attached hydrogen (secondary N) is 2. The second-order valence-electron chi connectivity index (χ2n) is 10.3. The maximum absolute atomic E-state index is 13.1. The highest BCUT2D eigenvalue weighted by Gasteiger charge is 2.19. The van der Waals surface area contributed by atoms with Crippen LogP contribution in [0.5, 0.6) is 5.75 Å². The Kier molecular flexibility index (Phi) is 11.8. The van der Waals surface area contributed by atoms with E-state index in [-0.39, 0.29) is 30.6 Å². The van der Waals surface area contributed by atoms with Gasteiger partial charge in [-0.25, -0.2) is 10.3 Å². The molecular weight excluding hydrogens is 510 g/mol. The van der Waals surface area contributed by atoms with Crippen molar-refractivity contribution in [2.24, 2.45) is 0 Å². The molecule has 2 aromatic carbocycles. The van der Waals surface area contributed by atoms with Crippen LogP contribution in [-0.2, 0) is 24.0 Å². The Bertz CT molecular complexity index is 1160. The monoisotopic (exact) mass is 551 g/mol. The minimum atomic E-state index is -0.362. The van der Waals surface area contributed by atoms with Crippen molar-refractivity contribution in [3.8, 4) is 5.75 Å². The first-order valence-corrected chi connectivity index (χ1v) is 14.5. The fourth-order valence-electron chi connectivity index (χ4n) is 4.91. The second-order valence-corrected chi connectivity index (χ2v) is 10.3. The molecule has 2 saturated heterocycles. The minimum absolute atomic E-state index is 0.139. The van der Waals surface area contributed by atoms with Crippen molar-refractivity contribution < 1.29 is 28.7 Å². The van der Waals surface area contributed by atoms with Gasteiger partial charge in [-0.2, -0.15) is 0 Å². The van der Waals surface area contributed by atoms with Crippen LogP contribution in [0.2, 0.25) is 0 Å². The summed E-state index contributed by atoms with van der Waals surface area (Å²) >= 11 is 0. The summed E-state index contributed by atoms with van der Waals surface area (Å²) < 4.78 is 11.6. The third-order valence-corrected chi connectivity index (χ3v) is 7.18. The average molecular weight is 552 g/mol. The highest BCUT2D eigenvalue weighted by Crippen LogP contribution is 2.25. The van der Waals surface area contributed by atoms with Crippen LogP contribution in [0.1, 0.15) is 64.2 Å². The molecule has 0 radical (unpaired) electrons. The van der Waals surface area contributed by atoms with Gasteiger partial charge in [-0.15, -0.1) is 0 Å². The van der Waals surface area contributed by atoms with Crippen LogP contribution in [0.3, 0.4) is 0 Å². The largest absolute Gasteiger partial charge is 0.488 e. The van der Waals surface area contributed by atoms with Crippen LogP contribution in [0.4, 0.5) is 0 Å². The number of carbonyl (C=O) groups is 3. The number of fused-ring (bicyclic) bond motifs is 1. The van der Waals surface area contributed by atoms with Crippen LogP contribution in [0.15, 0.2) is 54.1 Å². The predicted octanol–water partition coefficient (Wildman–Crippen LogP) is 4.41. The molecule has 3 amide bonds. The van der Waals surface area contributed by atoms with Crippen LogP contribution >= 0.6 is 0 Å². The summed E-state index contributed by atoms with van der Waals surface area (Å²) in [5.41, 5.74) is 3.04. The summed E-state index contributed by atoms with van der Waals surface area (Å²) in [7, 11) is 0. The second kappa shape index (κ2) is 16.0. The highest BCUT2D eigenvalue weighted by atomic mass is 16.8. The third-order valence-electron chi connectivity index (χ3n) is 7.18. The topological polar surface area (TPSA) is 106 Å². The lowest BCUT2D eigenvalue weighted by molar-refractivity contribution is -0.200. The van der Waals surface area contributed by atoms with E-state index < -0.39 is 0 Å². The van der Waals surface area contributed by atoms with Crippen LogP contribution in [0.25, 0.3) is 10.8 Å². The van der Waals surface area contributed by atoms with E-state index in [0.29, 0.717) is 57.4 Å². The molecule has 0 aliphatic carbocycles. The quantitative estimate of drug-likeness (QED) is 0.193. The number of likely N-dealkylation sites (tertiary alicyclic amines) is 1. The van der Waals surface area contributed by atoms with E-state index >= 15 is 0 Å². The fraction of sp³-hybridized carbons (Fsp3) is 0.516. The zero-order valence-corrected chi connectivity index (χ0v) is 23.2. The Morgan fingerprint density at radius 3 is 2.75 bits per heavy atom.